The Balaban J connectivity index is 1.54. The first-order valence-electron chi connectivity index (χ1n) is 11.7. The zero-order valence-corrected chi connectivity index (χ0v) is 20.3. The highest BCUT2D eigenvalue weighted by molar-refractivity contribution is 5.80. The molecule has 0 heterocycles. The summed E-state index contributed by atoms with van der Waals surface area (Å²) in [5.74, 6) is -1.62. The van der Waals surface area contributed by atoms with E-state index in [1.807, 2.05) is 38.1 Å². The predicted molar refractivity (Wildman–Crippen MR) is 130 cm³/mol. The molecule has 1 atom stereocenters. The Kier molecular flexibility index (Phi) is 7.97. The summed E-state index contributed by atoms with van der Waals surface area (Å²) in [6.45, 7) is 7.99. The van der Waals surface area contributed by atoms with Crippen molar-refractivity contribution in [1.29, 1.82) is 0 Å². The van der Waals surface area contributed by atoms with Gasteiger partial charge in [-0.25, -0.2) is 4.79 Å². The fourth-order valence-corrected chi connectivity index (χ4v) is 4.40. The molecule has 0 spiro atoms. The lowest BCUT2D eigenvalue weighted by atomic mass is 9.88. The summed E-state index contributed by atoms with van der Waals surface area (Å²) >= 11 is 0. The number of carboxylic acids is 1. The molecule has 2 aromatic rings. The third kappa shape index (κ3) is 6.16. The second kappa shape index (κ2) is 10.7. The van der Waals surface area contributed by atoms with Crippen LogP contribution in [0.15, 0.2) is 48.5 Å². The monoisotopic (exact) mass is 466 g/mol. The van der Waals surface area contributed by atoms with Crippen LogP contribution in [-0.2, 0) is 14.3 Å². The minimum atomic E-state index is -0.906. The highest BCUT2D eigenvalue weighted by Gasteiger charge is 2.30. The summed E-state index contributed by atoms with van der Waals surface area (Å²) in [5.41, 5.74) is 4.03. The largest absolute Gasteiger partial charge is 0.481 e. The van der Waals surface area contributed by atoms with Gasteiger partial charge < -0.3 is 20.5 Å². The van der Waals surface area contributed by atoms with Crippen LogP contribution in [0.4, 0.5) is 4.79 Å². The maximum Gasteiger partial charge on any atom is 0.407 e. The third-order valence-corrected chi connectivity index (χ3v) is 6.32. The SMILES string of the molecule is CC(C)C(CNC(=O)OCC1c2ccccc2-c2ccccc21)C(=O)NCC(C)(C)CC(=O)O. The molecule has 1 aliphatic carbocycles. The second-order valence-corrected chi connectivity index (χ2v) is 10.0. The quantitative estimate of drug-likeness (QED) is 0.481. The van der Waals surface area contributed by atoms with Gasteiger partial charge in [0.1, 0.15) is 6.61 Å². The summed E-state index contributed by atoms with van der Waals surface area (Å²) < 4.78 is 5.56. The second-order valence-electron chi connectivity index (χ2n) is 10.0. The van der Waals surface area contributed by atoms with E-state index in [2.05, 4.69) is 34.9 Å². The molecule has 1 unspecified atom stereocenters. The molecule has 2 aromatic carbocycles. The lowest BCUT2D eigenvalue weighted by Gasteiger charge is -2.26. The molecular formula is C27H34N2O5. The Hall–Kier alpha value is -3.35. The van der Waals surface area contributed by atoms with Gasteiger partial charge in [-0.05, 0) is 33.6 Å². The summed E-state index contributed by atoms with van der Waals surface area (Å²) in [4.78, 5) is 36.2. The molecule has 0 radical (unpaired) electrons. The Labute approximate surface area is 200 Å². The van der Waals surface area contributed by atoms with Crippen molar-refractivity contribution in [3.05, 3.63) is 59.7 Å². The first kappa shape index (κ1) is 25.3. The van der Waals surface area contributed by atoms with Crippen LogP contribution in [0.25, 0.3) is 11.1 Å². The molecule has 3 rings (SSSR count). The van der Waals surface area contributed by atoms with Gasteiger partial charge >= 0.3 is 12.1 Å². The zero-order chi connectivity index (χ0) is 24.9. The number of carbonyl (C=O) groups is 3. The van der Waals surface area contributed by atoms with Crippen LogP contribution in [0, 0.1) is 17.3 Å². The van der Waals surface area contributed by atoms with Gasteiger partial charge in [0, 0.05) is 19.0 Å². The van der Waals surface area contributed by atoms with Crippen molar-refractivity contribution >= 4 is 18.0 Å². The average molecular weight is 467 g/mol. The lowest BCUT2D eigenvalue weighted by molar-refractivity contribution is -0.139. The number of hydrogen-bond donors (Lipinski definition) is 3. The number of aliphatic carboxylic acids is 1. The lowest BCUT2D eigenvalue weighted by Crippen LogP contribution is -2.44. The fourth-order valence-electron chi connectivity index (χ4n) is 4.40. The van der Waals surface area contributed by atoms with Crippen molar-refractivity contribution in [3.8, 4) is 11.1 Å². The summed E-state index contributed by atoms with van der Waals surface area (Å²) in [7, 11) is 0. The van der Waals surface area contributed by atoms with E-state index in [4.69, 9.17) is 9.84 Å². The smallest absolute Gasteiger partial charge is 0.407 e. The predicted octanol–water partition coefficient (Wildman–Crippen LogP) is 4.41. The van der Waals surface area contributed by atoms with Crippen LogP contribution in [0.1, 0.15) is 51.2 Å². The van der Waals surface area contributed by atoms with Gasteiger partial charge in [-0.3, -0.25) is 9.59 Å². The molecule has 1 aliphatic rings. The molecule has 34 heavy (non-hydrogen) atoms. The van der Waals surface area contributed by atoms with E-state index in [0.717, 1.165) is 22.3 Å². The van der Waals surface area contributed by atoms with Crippen molar-refractivity contribution < 1.29 is 24.2 Å². The molecule has 0 aromatic heterocycles. The topological polar surface area (TPSA) is 105 Å². The van der Waals surface area contributed by atoms with Crippen LogP contribution >= 0.6 is 0 Å². The first-order valence-corrected chi connectivity index (χ1v) is 11.7. The van der Waals surface area contributed by atoms with E-state index in [0.29, 0.717) is 0 Å². The van der Waals surface area contributed by atoms with E-state index in [9.17, 15) is 14.4 Å². The Bertz CT molecular complexity index is 1000. The van der Waals surface area contributed by atoms with Crippen molar-refractivity contribution in [3.63, 3.8) is 0 Å². The molecule has 3 N–H and O–H groups in total. The number of carboxylic acid groups (broad SMARTS) is 1. The van der Waals surface area contributed by atoms with E-state index in [1.54, 1.807) is 13.8 Å². The van der Waals surface area contributed by atoms with Crippen LogP contribution < -0.4 is 10.6 Å². The van der Waals surface area contributed by atoms with Gasteiger partial charge in [-0.15, -0.1) is 0 Å². The van der Waals surface area contributed by atoms with Crippen LogP contribution in [0.3, 0.4) is 0 Å². The molecule has 0 bridgehead atoms. The normalized spacial score (nSPS) is 13.7. The Morgan fingerprint density at radius 2 is 1.53 bits per heavy atom. The van der Waals surface area contributed by atoms with Gasteiger partial charge in [0.25, 0.3) is 0 Å². The molecule has 182 valence electrons. The summed E-state index contributed by atoms with van der Waals surface area (Å²) in [5, 5.41) is 14.6. The number of amides is 2. The summed E-state index contributed by atoms with van der Waals surface area (Å²) in [6, 6.07) is 16.3. The fraction of sp³-hybridized carbons (Fsp3) is 0.444. The minimum Gasteiger partial charge on any atom is -0.481 e. The molecule has 0 fully saturated rings. The standard InChI is InChI=1S/C27H34N2O5/c1-17(2)22(25(32)29-16-27(3,4)13-24(30)31)14-28-26(33)34-15-23-20-11-7-5-9-18(20)19-10-6-8-12-21(19)23/h5-12,17,22-23H,13-16H2,1-4H3,(H,28,33)(H,29,32)(H,30,31). The number of rotatable bonds is 10. The zero-order valence-electron chi connectivity index (χ0n) is 20.3. The van der Waals surface area contributed by atoms with Crippen molar-refractivity contribution in [2.24, 2.45) is 17.3 Å². The molecule has 0 aliphatic heterocycles. The number of fused-ring (bicyclic) bond motifs is 3. The Morgan fingerprint density at radius 1 is 0.971 bits per heavy atom. The number of carbonyl (C=O) groups excluding carboxylic acids is 2. The number of nitrogens with one attached hydrogen (secondary N) is 2. The minimum absolute atomic E-state index is 0.0172. The summed E-state index contributed by atoms with van der Waals surface area (Å²) in [6.07, 6.45) is -0.607. The molecule has 0 saturated heterocycles. The maximum atomic E-state index is 12.7. The number of ether oxygens (including phenoxy) is 1. The number of alkyl carbamates (subject to hydrolysis) is 1. The number of benzene rings is 2. The van der Waals surface area contributed by atoms with Gasteiger partial charge in [-0.2, -0.15) is 0 Å². The van der Waals surface area contributed by atoms with Crippen molar-refractivity contribution in [2.45, 2.75) is 40.0 Å². The molecule has 0 saturated carbocycles. The molecular weight excluding hydrogens is 432 g/mol. The van der Waals surface area contributed by atoms with Crippen LogP contribution in [0.2, 0.25) is 0 Å². The van der Waals surface area contributed by atoms with Crippen LogP contribution in [-0.4, -0.2) is 42.8 Å². The third-order valence-electron chi connectivity index (χ3n) is 6.32. The van der Waals surface area contributed by atoms with E-state index < -0.39 is 23.4 Å². The maximum absolute atomic E-state index is 12.7. The van der Waals surface area contributed by atoms with Gasteiger partial charge in [0.05, 0.1) is 12.3 Å². The highest BCUT2D eigenvalue weighted by atomic mass is 16.5. The van der Waals surface area contributed by atoms with E-state index >= 15 is 0 Å². The number of hydrogen-bond acceptors (Lipinski definition) is 4. The van der Waals surface area contributed by atoms with Crippen molar-refractivity contribution in [1.82, 2.24) is 10.6 Å². The molecule has 2 amide bonds. The molecule has 7 nitrogen and oxygen atoms in total. The highest BCUT2D eigenvalue weighted by Crippen LogP contribution is 2.44. The van der Waals surface area contributed by atoms with Gasteiger partial charge in [0.2, 0.25) is 5.91 Å². The van der Waals surface area contributed by atoms with Gasteiger partial charge in [0.15, 0.2) is 0 Å². The first-order chi connectivity index (χ1) is 16.1. The van der Waals surface area contributed by atoms with E-state index in [1.165, 1.54) is 0 Å². The Morgan fingerprint density at radius 3 is 2.06 bits per heavy atom. The van der Waals surface area contributed by atoms with Gasteiger partial charge in [-0.1, -0.05) is 76.2 Å². The van der Waals surface area contributed by atoms with E-state index in [-0.39, 0.29) is 43.9 Å². The van der Waals surface area contributed by atoms with Crippen molar-refractivity contribution in [2.75, 3.05) is 19.7 Å². The average Bonchev–Trinajstić information content (AvgIpc) is 3.09. The molecule has 7 heteroatoms. The van der Waals surface area contributed by atoms with Crippen LogP contribution in [0.5, 0.6) is 0 Å².